The van der Waals surface area contributed by atoms with Gasteiger partial charge >= 0.3 is 0 Å². The van der Waals surface area contributed by atoms with Crippen molar-refractivity contribution in [1.82, 2.24) is 15.2 Å². The number of nitrogens with one attached hydrogen (secondary N) is 1. The second-order valence-electron chi connectivity index (χ2n) is 4.08. The van der Waals surface area contributed by atoms with Gasteiger partial charge in [-0.25, -0.2) is 0 Å². The number of benzene rings is 1. The summed E-state index contributed by atoms with van der Waals surface area (Å²) in [5.74, 6) is 0.689. The summed E-state index contributed by atoms with van der Waals surface area (Å²) in [6.07, 6.45) is 0. The number of para-hydroxylation sites is 1. The average Bonchev–Trinajstić information content (AvgIpc) is 2.82. The third-order valence-electron chi connectivity index (χ3n) is 2.65. The fraction of sp³-hybridized carbons (Fsp3) is 0.154. The zero-order chi connectivity index (χ0) is 13.2. The quantitative estimate of drug-likeness (QED) is 0.753. The van der Waals surface area contributed by atoms with E-state index in [9.17, 15) is 4.79 Å². The standard InChI is InChI=1S/C13H11N3OS2/c1-8-15-16-13(19-8)18-7-9-6-12(17)10-4-2-3-5-11(10)14-9/h2-6H,7H2,1H3,(H,14,17). The number of hydrogen-bond acceptors (Lipinski definition) is 5. The van der Waals surface area contributed by atoms with Crippen LogP contribution in [0.1, 0.15) is 10.7 Å². The Bertz CT molecular complexity index is 779. The molecule has 0 aliphatic rings. The van der Waals surface area contributed by atoms with Crippen LogP contribution in [0.3, 0.4) is 0 Å². The van der Waals surface area contributed by atoms with Crippen LogP contribution < -0.4 is 5.43 Å². The van der Waals surface area contributed by atoms with E-state index >= 15 is 0 Å². The molecule has 0 unspecified atom stereocenters. The highest BCUT2D eigenvalue weighted by Crippen LogP contribution is 2.25. The van der Waals surface area contributed by atoms with Crippen molar-refractivity contribution in [3.05, 3.63) is 51.3 Å². The van der Waals surface area contributed by atoms with Crippen LogP contribution in [0.5, 0.6) is 0 Å². The first-order valence-corrected chi connectivity index (χ1v) is 7.56. The van der Waals surface area contributed by atoms with Gasteiger partial charge in [-0.05, 0) is 19.1 Å². The molecule has 1 aromatic carbocycles. The Morgan fingerprint density at radius 3 is 2.95 bits per heavy atom. The van der Waals surface area contributed by atoms with Gasteiger partial charge in [-0.1, -0.05) is 35.2 Å². The Balaban J connectivity index is 1.87. The van der Waals surface area contributed by atoms with Gasteiger partial charge in [0.15, 0.2) is 9.77 Å². The molecule has 19 heavy (non-hydrogen) atoms. The van der Waals surface area contributed by atoms with E-state index < -0.39 is 0 Å². The topological polar surface area (TPSA) is 58.6 Å². The van der Waals surface area contributed by atoms with E-state index in [-0.39, 0.29) is 5.43 Å². The number of aryl methyl sites for hydroxylation is 1. The maximum Gasteiger partial charge on any atom is 0.189 e. The second-order valence-corrected chi connectivity index (χ2v) is 6.48. The first-order valence-electron chi connectivity index (χ1n) is 5.76. The maximum atomic E-state index is 12.0. The molecule has 6 heteroatoms. The highest BCUT2D eigenvalue weighted by Gasteiger charge is 2.05. The SMILES string of the molecule is Cc1nnc(SCc2cc(=O)c3ccccc3[nH]2)s1. The predicted molar refractivity (Wildman–Crippen MR) is 78.8 cm³/mol. The van der Waals surface area contributed by atoms with E-state index in [1.54, 1.807) is 29.2 Å². The summed E-state index contributed by atoms with van der Waals surface area (Å²) >= 11 is 3.15. The Morgan fingerprint density at radius 1 is 1.32 bits per heavy atom. The van der Waals surface area contributed by atoms with Crippen molar-refractivity contribution in [3.8, 4) is 0 Å². The minimum atomic E-state index is 0.0541. The summed E-state index contributed by atoms with van der Waals surface area (Å²) in [5, 5.41) is 9.71. The van der Waals surface area contributed by atoms with E-state index in [4.69, 9.17) is 0 Å². The molecular weight excluding hydrogens is 278 g/mol. The Morgan fingerprint density at radius 2 is 2.16 bits per heavy atom. The predicted octanol–water partition coefficient (Wildman–Crippen LogP) is 2.98. The lowest BCUT2D eigenvalue weighted by Gasteiger charge is -2.02. The van der Waals surface area contributed by atoms with Gasteiger partial charge in [0.2, 0.25) is 0 Å². The summed E-state index contributed by atoms with van der Waals surface area (Å²) in [7, 11) is 0. The monoisotopic (exact) mass is 289 g/mol. The molecule has 0 atom stereocenters. The van der Waals surface area contributed by atoms with E-state index in [1.165, 1.54) is 0 Å². The molecule has 0 saturated heterocycles. The molecule has 0 saturated carbocycles. The van der Waals surface area contributed by atoms with Crippen molar-refractivity contribution in [3.63, 3.8) is 0 Å². The van der Waals surface area contributed by atoms with E-state index in [0.717, 1.165) is 25.9 Å². The van der Waals surface area contributed by atoms with Gasteiger partial charge < -0.3 is 4.98 Å². The molecule has 0 radical (unpaired) electrons. The number of nitrogens with zero attached hydrogens (tertiary/aromatic N) is 2. The lowest BCUT2D eigenvalue weighted by atomic mass is 10.2. The van der Waals surface area contributed by atoms with Crippen LogP contribution in [-0.2, 0) is 5.75 Å². The Kier molecular flexibility index (Phi) is 3.35. The normalized spacial score (nSPS) is 11.0. The molecule has 0 aliphatic carbocycles. The fourth-order valence-electron chi connectivity index (χ4n) is 1.81. The largest absolute Gasteiger partial charge is 0.357 e. The third-order valence-corrected chi connectivity index (χ3v) is 4.67. The molecule has 0 fully saturated rings. The number of aromatic nitrogens is 3. The number of H-pyrrole nitrogens is 1. The zero-order valence-electron chi connectivity index (χ0n) is 10.2. The third kappa shape index (κ3) is 2.69. The Hall–Kier alpha value is -1.66. The minimum absolute atomic E-state index is 0.0541. The van der Waals surface area contributed by atoms with Gasteiger partial charge in [0, 0.05) is 28.4 Å². The molecule has 3 aromatic rings. The van der Waals surface area contributed by atoms with E-state index in [1.807, 2.05) is 31.2 Å². The molecule has 4 nitrogen and oxygen atoms in total. The van der Waals surface area contributed by atoms with Gasteiger partial charge in [-0.2, -0.15) is 0 Å². The zero-order valence-corrected chi connectivity index (χ0v) is 11.8. The number of fused-ring (bicyclic) bond motifs is 1. The van der Waals surface area contributed by atoms with Crippen molar-refractivity contribution in [2.24, 2.45) is 0 Å². The molecule has 2 aromatic heterocycles. The highest BCUT2D eigenvalue weighted by molar-refractivity contribution is 8.00. The van der Waals surface area contributed by atoms with Gasteiger partial charge in [0.1, 0.15) is 5.01 Å². The first kappa shape index (κ1) is 12.4. The number of thioether (sulfide) groups is 1. The molecule has 2 heterocycles. The molecule has 0 amide bonds. The van der Waals surface area contributed by atoms with Gasteiger partial charge in [-0.3, -0.25) is 4.79 Å². The summed E-state index contributed by atoms with van der Waals surface area (Å²) in [4.78, 5) is 15.2. The fourth-order valence-corrected chi connectivity index (χ4v) is 3.53. The van der Waals surface area contributed by atoms with Crippen molar-refractivity contribution in [2.75, 3.05) is 0 Å². The van der Waals surface area contributed by atoms with Crippen LogP contribution in [0, 0.1) is 6.92 Å². The van der Waals surface area contributed by atoms with Crippen LogP contribution in [0.25, 0.3) is 10.9 Å². The molecule has 96 valence electrons. The van der Waals surface area contributed by atoms with Crippen LogP contribution in [0.4, 0.5) is 0 Å². The summed E-state index contributed by atoms with van der Waals surface area (Å²) in [5.41, 5.74) is 1.83. The van der Waals surface area contributed by atoms with Crippen LogP contribution in [0.2, 0.25) is 0 Å². The van der Waals surface area contributed by atoms with Crippen LogP contribution >= 0.6 is 23.1 Å². The molecule has 0 spiro atoms. The van der Waals surface area contributed by atoms with Crippen LogP contribution in [-0.4, -0.2) is 15.2 Å². The smallest absolute Gasteiger partial charge is 0.189 e. The number of pyridine rings is 1. The molecule has 0 aliphatic heterocycles. The van der Waals surface area contributed by atoms with E-state index in [2.05, 4.69) is 15.2 Å². The Labute approximate surface area is 117 Å². The molecular formula is C13H11N3OS2. The molecule has 0 bridgehead atoms. The lowest BCUT2D eigenvalue weighted by Crippen LogP contribution is -2.04. The summed E-state index contributed by atoms with van der Waals surface area (Å²) in [6.45, 7) is 1.93. The maximum absolute atomic E-state index is 12.0. The first-order chi connectivity index (χ1) is 9.22. The summed E-state index contributed by atoms with van der Waals surface area (Å²) in [6, 6.07) is 9.20. The number of hydrogen-bond donors (Lipinski definition) is 1. The average molecular weight is 289 g/mol. The van der Waals surface area contributed by atoms with E-state index in [0.29, 0.717) is 5.75 Å². The number of rotatable bonds is 3. The van der Waals surface area contributed by atoms with Crippen molar-refractivity contribution in [1.29, 1.82) is 0 Å². The summed E-state index contributed by atoms with van der Waals surface area (Å²) < 4.78 is 0.923. The van der Waals surface area contributed by atoms with Crippen LogP contribution in [0.15, 0.2) is 39.5 Å². The minimum Gasteiger partial charge on any atom is -0.357 e. The second kappa shape index (κ2) is 5.14. The lowest BCUT2D eigenvalue weighted by molar-refractivity contribution is 0.983. The van der Waals surface area contributed by atoms with Gasteiger partial charge in [-0.15, -0.1) is 10.2 Å². The van der Waals surface area contributed by atoms with Gasteiger partial charge in [0.25, 0.3) is 0 Å². The number of aromatic amines is 1. The van der Waals surface area contributed by atoms with Crippen molar-refractivity contribution < 1.29 is 0 Å². The molecule has 3 rings (SSSR count). The highest BCUT2D eigenvalue weighted by atomic mass is 32.2. The molecule has 1 N–H and O–H groups in total. The van der Waals surface area contributed by atoms with Gasteiger partial charge in [0.05, 0.1) is 0 Å². The van der Waals surface area contributed by atoms with Crippen molar-refractivity contribution >= 4 is 34.0 Å². The van der Waals surface area contributed by atoms with Crippen molar-refractivity contribution in [2.45, 2.75) is 17.0 Å².